The van der Waals surface area contributed by atoms with Crippen molar-refractivity contribution >= 4 is 27.5 Å². The number of halogens is 3. The maximum atomic E-state index is 13.2. The van der Waals surface area contributed by atoms with Gasteiger partial charge in [0, 0.05) is 15.7 Å². The largest absolute Gasteiger partial charge is 0.322 e. The highest BCUT2D eigenvalue weighted by Gasteiger charge is 2.10. The zero-order valence-electron chi connectivity index (χ0n) is 10.0. The van der Waals surface area contributed by atoms with Crippen LogP contribution in [0.25, 0.3) is 0 Å². The fourth-order valence-electron chi connectivity index (χ4n) is 1.61. The Bertz CT molecular complexity index is 623. The van der Waals surface area contributed by atoms with Crippen molar-refractivity contribution in [3.05, 3.63) is 63.6 Å². The molecular formula is C14H10BrF2NO. The first-order valence-corrected chi connectivity index (χ1v) is 6.28. The van der Waals surface area contributed by atoms with Gasteiger partial charge in [0.05, 0.1) is 0 Å². The minimum atomic E-state index is -0.518. The molecule has 0 fully saturated rings. The normalized spacial score (nSPS) is 10.3. The Morgan fingerprint density at radius 2 is 1.84 bits per heavy atom. The predicted molar refractivity (Wildman–Crippen MR) is 73.2 cm³/mol. The van der Waals surface area contributed by atoms with Crippen molar-refractivity contribution in [2.75, 3.05) is 5.32 Å². The van der Waals surface area contributed by atoms with Crippen molar-refractivity contribution < 1.29 is 13.6 Å². The van der Waals surface area contributed by atoms with Crippen molar-refractivity contribution in [3.8, 4) is 0 Å². The number of nitrogens with one attached hydrogen (secondary N) is 1. The zero-order chi connectivity index (χ0) is 14.0. The van der Waals surface area contributed by atoms with Gasteiger partial charge in [-0.1, -0.05) is 22.0 Å². The van der Waals surface area contributed by atoms with Crippen molar-refractivity contribution in [2.24, 2.45) is 0 Å². The molecule has 2 rings (SSSR count). The molecule has 0 spiro atoms. The number of amides is 1. The second-order valence-corrected chi connectivity index (χ2v) is 4.99. The number of hydrogen-bond acceptors (Lipinski definition) is 1. The lowest BCUT2D eigenvalue weighted by atomic mass is 10.1. The Balaban J connectivity index is 2.28. The van der Waals surface area contributed by atoms with Gasteiger partial charge in [-0.15, -0.1) is 0 Å². The molecule has 1 N–H and O–H groups in total. The molecule has 0 aliphatic rings. The molecule has 98 valence electrons. The van der Waals surface area contributed by atoms with Crippen LogP contribution in [0.5, 0.6) is 0 Å². The third-order valence-electron chi connectivity index (χ3n) is 2.57. The second-order valence-electron chi connectivity index (χ2n) is 4.07. The van der Waals surface area contributed by atoms with E-state index in [-0.39, 0.29) is 5.56 Å². The van der Waals surface area contributed by atoms with Crippen LogP contribution in [0.1, 0.15) is 15.9 Å². The summed E-state index contributed by atoms with van der Waals surface area (Å²) in [7, 11) is 0. The van der Waals surface area contributed by atoms with Crippen molar-refractivity contribution in [2.45, 2.75) is 6.92 Å². The van der Waals surface area contributed by atoms with E-state index >= 15 is 0 Å². The average molecular weight is 326 g/mol. The maximum absolute atomic E-state index is 13.2. The SMILES string of the molecule is Cc1ccc(F)cc1NC(=O)c1cc(F)cc(Br)c1. The lowest BCUT2D eigenvalue weighted by molar-refractivity contribution is 0.102. The molecule has 19 heavy (non-hydrogen) atoms. The number of hydrogen-bond donors (Lipinski definition) is 1. The van der Waals surface area contributed by atoms with Gasteiger partial charge in [-0.2, -0.15) is 0 Å². The molecule has 0 aliphatic carbocycles. The van der Waals surface area contributed by atoms with Gasteiger partial charge in [-0.05, 0) is 42.8 Å². The summed E-state index contributed by atoms with van der Waals surface area (Å²) in [5.41, 5.74) is 1.26. The molecule has 0 heterocycles. The Morgan fingerprint density at radius 1 is 1.11 bits per heavy atom. The second kappa shape index (κ2) is 5.48. The minimum absolute atomic E-state index is 0.163. The lowest BCUT2D eigenvalue weighted by Crippen LogP contribution is -2.13. The van der Waals surface area contributed by atoms with Crippen LogP contribution >= 0.6 is 15.9 Å². The summed E-state index contributed by atoms with van der Waals surface area (Å²) in [6.45, 7) is 1.75. The third-order valence-corrected chi connectivity index (χ3v) is 3.03. The van der Waals surface area contributed by atoms with Crippen molar-refractivity contribution in [1.82, 2.24) is 0 Å². The number of anilines is 1. The van der Waals surface area contributed by atoms with E-state index < -0.39 is 17.5 Å². The fourth-order valence-corrected chi connectivity index (χ4v) is 2.07. The van der Waals surface area contributed by atoms with Gasteiger partial charge in [0.25, 0.3) is 5.91 Å². The van der Waals surface area contributed by atoms with Crippen LogP contribution in [0, 0.1) is 18.6 Å². The van der Waals surface area contributed by atoms with Crippen LogP contribution in [0.3, 0.4) is 0 Å². The van der Waals surface area contributed by atoms with Crippen molar-refractivity contribution in [1.29, 1.82) is 0 Å². The molecule has 0 saturated carbocycles. The van der Waals surface area contributed by atoms with Crippen LogP contribution in [-0.4, -0.2) is 5.91 Å². The number of carbonyl (C=O) groups excluding carboxylic acids is 1. The van der Waals surface area contributed by atoms with E-state index in [2.05, 4.69) is 21.2 Å². The van der Waals surface area contributed by atoms with E-state index in [9.17, 15) is 13.6 Å². The van der Waals surface area contributed by atoms with Crippen LogP contribution in [-0.2, 0) is 0 Å². The number of benzene rings is 2. The van der Waals surface area contributed by atoms with E-state index in [4.69, 9.17) is 0 Å². The van der Waals surface area contributed by atoms with E-state index in [1.54, 1.807) is 13.0 Å². The van der Waals surface area contributed by atoms with Gasteiger partial charge in [0.15, 0.2) is 0 Å². The van der Waals surface area contributed by atoms with Gasteiger partial charge in [-0.25, -0.2) is 8.78 Å². The van der Waals surface area contributed by atoms with E-state index in [0.29, 0.717) is 10.2 Å². The highest BCUT2D eigenvalue weighted by Crippen LogP contribution is 2.19. The molecule has 0 aromatic heterocycles. The number of carbonyl (C=O) groups is 1. The standard InChI is InChI=1S/C14H10BrF2NO/c1-8-2-3-11(16)7-13(8)18-14(19)9-4-10(15)6-12(17)5-9/h2-7H,1H3,(H,18,19). The van der Waals surface area contributed by atoms with Crippen LogP contribution in [0.15, 0.2) is 40.9 Å². The summed E-state index contributed by atoms with van der Waals surface area (Å²) in [5, 5.41) is 2.56. The summed E-state index contributed by atoms with van der Waals surface area (Å²) in [4.78, 5) is 12.0. The summed E-state index contributed by atoms with van der Waals surface area (Å²) < 4.78 is 26.8. The third kappa shape index (κ3) is 3.38. The number of aryl methyl sites for hydroxylation is 1. The smallest absolute Gasteiger partial charge is 0.255 e. The molecule has 0 bridgehead atoms. The first-order chi connectivity index (χ1) is 8.95. The van der Waals surface area contributed by atoms with Crippen LogP contribution in [0.4, 0.5) is 14.5 Å². The molecular weight excluding hydrogens is 316 g/mol. The average Bonchev–Trinajstić information content (AvgIpc) is 2.32. The molecule has 0 radical (unpaired) electrons. The van der Waals surface area contributed by atoms with E-state index in [1.807, 2.05) is 0 Å². The molecule has 5 heteroatoms. The van der Waals surface area contributed by atoms with Crippen LogP contribution in [0.2, 0.25) is 0 Å². The highest BCUT2D eigenvalue weighted by atomic mass is 79.9. The lowest BCUT2D eigenvalue weighted by Gasteiger charge is -2.09. The Hall–Kier alpha value is -1.75. The molecule has 0 unspecified atom stereocenters. The molecule has 2 aromatic rings. The molecule has 2 aromatic carbocycles. The van der Waals surface area contributed by atoms with Gasteiger partial charge >= 0.3 is 0 Å². The molecule has 0 atom stereocenters. The predicted octanol–water partition coefficient (Wildman–Crippen LogP) is 4.29. The Kier molecular flexibility index (Phi) is 3.95. The van der Waals surface area contributed by atoms with Crippen LogP contribution < -0.4 is 5.32 Å². The topological polar surface area (TPSA) is 29.1 Å². The van der Waals surface area contributed by atoms with Gasteiger partial charge in [-0.3, -0.25) is 4.79 Å². The Labute approximate surface area is 117 Å². The first kappa shape index (κ1) is 13.7. The maximum Gasteiger partial charge on any atom is 0.255 e. The summed E-state index contributed by atoms with van der Waals surface area (Å²) in [6, 6.07) is 7.96. The Morgan fingerprint density at radius 3 is 2.53 bits per heavy atom. The van der Waals surface area contributed by atoms with Gasteiger partial charge in [0.2, 0.25) is 0 Å². The quantitative estimate of drug-likeness (QED) is 0.876. The molecule has 0 aliphatic heterocycles. The highest BCUT2D eigenvalue weighted by molar-refractivity contribution is 9.10. The molecule has 2 nitrogen and oxygen atoms in total. The fraction of sp³-hybridized carbons (Fsp3) is 0.0714. The zero-order valence-corrected chi connectivity index (χ0v) is 11.6. The van der Waals surface area contributed by atoms with Gasteiger partial charge < -0.3 is 5.32 Å². The summed E-state index contributed by atoms with van der Waals surface area (Å²) >= 11 is 3.11. The van der Waals surface area contributed by atoms with E-state index in [0.717, 1.165) is 11.6 Å². The molecule has 1 amide bonds. The summed E-state index contributed by atoms with van der Waals surface area (Å²) in [6.07, 6.45) is 0. The monoisotopic (exact) mass is 325 g/mol. The van der Waals surface area contributed by atoms with Crippen molar-refractivity contribution in [3.63, 3.8) is 0 Å². The minimum Gasteiger partial charge on any atom is -0.322 e. The summed E-state index contributed by atoms with van der Waals surface area (Å²) in [5.74, 6) is -1.45. The number of rotatable bonds is 2. The van der Waals surface area contributed by atoms with E-state index in [1.165, 1.54) is 24.3 Å². The first-order valence-electron chi connectivity index (χ1n) is 5.49. The van der Waals surface area contributed by atoms with Gasteiger partial charge in [0.1, 0.15) is 11.6 Å². The molecule has 0 saturated heterocycles.